The van der Waals surface area contributed by atoms with Gasteiger partial charge < -0.3 is 10.4 Å². The fourth-order valence-electron chi connectivity index (χ4n) is 3.95. The summed E-state index contributed by atoms with van der Waals surface area (Å²) in [7, 11) is 0. The molecule has 4 nitrogen and oxygen atoms in total. The second-order valence-corrected chi connectivity index (χ2v) is 6.56. The van der Waals surface area contributed by atoms with Crippen LogP contribution in [0.3, 0.4) is 0 Å². The first-order valence-electron chi connectivity index (χ1n) is 8.39. The van der Waals surface area contributed by atoms with Crippen LogP contribution in [0.15, 0.2) is 42.5 Å². The highest BCUT2D eigenvalue weighted by molar-refractivity contribution is 5.86. The summed E-state index contributed by atoms with van der Waals surface area (Å²) in [6.45, 7) is 0.595. The quantitative estimate of drug-likeness (QED) is 0.627. The van der Waals surface area contributed by atoms with Gasteiger partial charge in [0.2, 0.25) is 5.91 Å². The Balaban J connectivity index is 1.53. The zero-order valence-electron chi connectivity index (χ0n) is 13.2. The van der Waals surface area contributed by atoms with E-state index in [9.17, 15) is 14.7 Å². The van der Waals surface area contributed by atoms with Crippen LogP contribution < -0.4 is 5.32 Å². The Morgan fingerprint density at radius 1 is 1.04 bits per heavy atom. The molecular weight excluding hydrogens is 290 g/mol. The third-order valence-electron chi connectivity index (χ3n) is 5.12. The minimum atomic E-state index is -0.839. The van der Waals surface area contributed by atoms with E-state index in [4.69, 9.17) is 0 Å². The molecule has 0 aliphatic heterocycles. The molecule has 0 saturated heterocycles. The largest absolute Gasteiger partial charge is 0.481 e. The van der Waals surface area contributed by atoms with Gasteiger partial charge in [0, 0.05) is 6.54 Å². The lowest BCUT2D eigenvalue weighted by atomic mass is 9.62. The van der Waals surface area contributed by atoms with Gasteiger partial charge in [-0.1, -0.05) is 42.5 Å². The molecule has 1 aromatic carbocycles. The van der Waals surface area contributed by atoms with Crippen LogP contribution in [-0.4, -0.2) is 23.5 Å². The molecule has 2 N–H and O–H groups in total. The molecule has 1 saturated carbocycles. The molecule has 4 atom stereocenters. The number of carboxylic acid groups (broad SMARTS) is 1. The molecule has 0 spiro atoms. The number of fused-ring (bicyclic) bond motifs is 2. The Morgan fingerprint density at radius 3 is 2.30 bits per heavy atom. The van der Waals surface area contributed by atoms with Gasteiger partial charge in [-0.2, -0.15) is 0 Å². The van der Waals surface area contributed by atoms with E-state index in [1.165, 1.54) is 5.56 Å². The SMILES string of the molecule is O=C(NCCCc1ccccc1)[C@@H]1[C@H](C(=O)O)[C@@H]2C=C[C@H]1CC2. The first-order chi connectivity index (χ1) is 11.2. The minimum Gasteiger partial charge on any atom is -0.481 e. The highest BCUT2D eigenvalue weighted by Crippen LogP contribution is 2.45. The predicted octanol–water partition coefficient (Wildman–Crippen LogP) is 2.65. The third kappa shape index (κ3) is 3.46. The molecular formula is C19H23NO3. The number of carbonyl (C=O) groups excluding carboxylic acids is 1. The summed E-state index contributed by atoms with van der Waals surface area (Å²) < 4.78 is 0. The Hall–Kier alpha value is -2.10. The van der Waals surface area contributed by atoms with Crippen LogP contribution in [-0.2, 0) is 16.0 Å². The Labute approximate surface area is 136 Å². The van der Waals surface area contributed by atoms with Crippen LogP contribution in [0, 0.1) is 23.7 Å². The van der Waals surface area contributed by atoms with E-state index >= 15 is 0 Å². The molecule has 1 aromatic rings. The van der Waals surface area contributed by atoms with Crippen LogP contribution >= 0.6 is 0 Å². The molecule has 1 amide bonds. The van der Waals surface area contributed by atoms with E-state index in [0.717, 1.165) is 25.7 Å². The van der Waals surface area contributed by atoms with Gasteiger partial charge in [-0.05, 0) is 43.1 Å². The number of benzene rings is 1. The Bertz CT molecular complexity index is 596. The molecule has 0 aromatic heterocycles. The first-order valence-corrected chi connectivity index (χ1v) is 8.39. The summed E-state index contributed by atoms with van der Waals surface area (Å²) in [5, 5.41) is 12.4. The summed E-state index contributed by atoms with van der Waals surface area (Å²) in [6.07, 6.45) is 7.63. The van der Waals surface area contributed by atoms with Crippen molar-refractivity contribution in [1.29, 1.82) is 0 Å². The van der Waals surface area contributed by atoms with Crippen molar-refractivity contribution < 1.29 is 14.7 Å². The average Bonchev–Trinajstić information content (AvgIpc) is 2.59. The summed E-state index contributed by atoms with van der Waals surface area (Å²) >= 11 is 0. The highest BCUT2D eigenvalue weighted by atomic mass is 16.4. The smallest absolute Gasteiger partial charge is 0.307 e. The van der Waals surface area contributed by atoms with Crippen molar-refractivity contribution in [1.82, 2.24) is 5.32 Å². The molecule has 0 unspecified atom stereocenters. The zero-order valence-corrected chi connectivity index (χ0v) is 13.2. The monoisotopic (exact) mass is 313 g/mol. The van der Waals surface area contributed by atoms with E-state index in [0.29, 0.717) is 6.54 Å². The van der Waals surface area contributed by atoms with Crippen LogP contribution in [0.5, 0.6) is 0 Å². The third-order valence-corrected chi connectivity index (χ3v) is 5.12. The highest BCUT2D eigenvalue weighted by Gasteiger charge is 2.47. The second kappa shape index (κ2) is 6.99. The lowest BCUT2D eigenvalue weighted by molar-refractivity contribution is -0.152. The van der Waals surface area contributed by atoms with E-state index in [2.05, 4.69) is 17.4 Å². The van der Waals surface area contributed by atoms with Crippen molar-refractivity contribution in [3.63, 3.8) is 0 Å². The van der Waals surface area contributed by atoms with Crippen molar-refractivity contribution in [2.45, 2.75) is 25.7 Å². The molecule has 122 valence electrons. The number of carbonyl (C=O) groups is 2. The lowest BCUT2D eigenvalue weighted by Crippen LogP contribution is -2.49. The minimum absolute atomic E-state index is 0.0116. The standard InChI is InChI=1S/C19H23NO3/c21-18(20-12-4-7-13-5-2-1-3-6-13)16-14-8-10-15(11-9-14)17(16)19(22)23/h1-3,5-6,8,10,14-17H,4,7,9,11-12H2,(H,20,21)(H,22,23)/t14-,15+,16-,17+/m0/s1. The van der Waals surface area contributed by atoms with Crippen molar-refractivity contribution in [3.05, 3.63) is 48.0 Å². The molecule has 3 aliphatic rings. The van der Waals surface area contributed by atoms with Gasteiger partial charge >= 0.3 is 5.97 Å². The van der Waals surface area contributed by atoms with Gasteiger partial charge in [-0.3, -0.25) is 9.59 Å². The molecule has 0 heterocycles. The maximum atomic E-state index is 12.5. The van der Waals surface area contributed by atoms with Gasteiger partial charge in [-0.25, -0.2) is 0 Å². The van der Waals surface area contributed by atoms with Crippen LogP contribution in [0.25, 0.3) is 0 Å². The molecule has 3 aliphatic carbocycles. The van der Waals surface area contributed by atoms with Crippen molar-refractivity contribution in [2.24, 2.45) is 23.7 Å². The van der Waals surface area contributed by atoms with Gasteiger partial charge in [0.25, 0.3) is 0 Å². The van der Waals surface area contributed by atoms with Gasteiger partial charge in [0.1, 0.15) is 0 Å². The second-order valence-electron chi connectivity index (χ2n) is 6.56. The average molecular weight is 313 g/mol. The summed E-state index contributed by atoms with van der Waals surface area (Å²) in [6, 6.07) is 10.2. The predicted molar refractivity (Wildman–Crippen MR) is 87.7 cm³/mol. The number of rotatable bonds is 6. The van der Waals surface area contributed by atoms with Crippen molar-refractivity contribution >= 4 is 11.9 Å². The van der Waals surface area contributed by atoms with Gasteiger partial charge in [0.15, 0.2) is 0 Å². The van der Waals surface area contributed by atoms with E-state index in [-0.39, 0.29) is 17.7 Å². The fraction of sp³-hybridized carbons (Fsp3) is 0.474. The lowest BCUT2D eigenvalue weighted by Gasteiger charge is -2.41. The number of aryl methyl sites for hydroxylation is 1. The Morgan fingerprint density at radius 2 is 1.70 bits per heavy atom. The van der Waals surface area contributed by atoms with E-state index < -0.39 is 17.8 Å². The Kier molecular flexibility index (Phi) is 4.79. The number of nitrogens with one attached hydrogen (secondary N) is 1. The van der Waals surface area contributed by atoms with E-state index in [1.54, 1.807) is 0 Å². The van der Waals surface area contributed by atoms with Crippen LogP contribution in [0.2, 0.25) is 0 Å². The molecule has 4 rings (SSSR count). The fourth-order valence-corrected chi connectivity index (χ4v) is 3.95. The molecule has 1 fully saturated rings. The summed E-state index contributed by atoms with van der Waals surface area (Å²) in [5.74, 6) is -1.81. The van der Waals surface area contributed by atoms with Crippen molar-refractivity contribution in [2.75, 3.05) is 6.54 Å². The summed E-state index contributed by atoms with van der Waals surface area (Å²) in [4.78, 5) is 24.1. The zero-order chi connectivity index (χ0) is 16.2. The number of hydrogen-bond acceptors (Lipinski definition) is 2. The number of amides is 1. The first kappa shape index (κ1) is 15.8. The van der Waals surface area contributed by atoms with Gasteiger partial charge in [-0.15, -0.1) is 0 Å². The number of hydrogen-bond donors (Lipinski definition) is 2. The normalized spacial score (nSPS) is 28.5. The molecule has 0 radical (unpaired) electrons. The topological polar surface area (TPSA) is 66.4 Å². The number of carboxylic acids is 1. The van der Waals surface area contributed by atoms with Crippen LogP contribution in [0.1, 0.15) is 24.8 Å². The van der Waals surface area contributed by atoms with E-state index in [1.807, 2.05) is 30.4 Å². The maximum absolute atomic E-state index is 12.5. The summed E-state index contributed by atoms with van der Waals surface area (Å²) in [5.41, 5.74) is 1.25. The molecule has 23 heavy (non-hydrogen) atoms. The maximum Gasteiger partial charge on any atom is 0.307 e. The number of aliphatic carboxylic acids is 1. The number of allylic oxidation sites excluding steroid dienone is 2. The van der Waals surface area contributed by atoms with Crippen molar-refractivity contribution in [3.8, 4) is 0 Å². The van der Waals surface area contributed by atoms with Crippen LogP contribution in [0.4, 0.5) is 0 Å². The molecule has 2 bridgehead atoms. The molecule has 4 heteroatoms. The van der Waals surface area contributed by atoms with Gasteiger partial charge in [0.05, 0.1) is 11.8 Å².